The third-order valence-electron chi connectivity index (χ3n) is 2.87. The van der Waals surface area contributed by atoms with E-state index in [9.17, 15) is 10.1 Å². The van der Waals surface area contributed by atoms with Crippen molar-refractivity contribution in [3.05, 3.63) is 33.3 Å². The van der Waals surface area contributed by atoms with Crippen molar-refractivity contribution in [3.8, 4) is 0 Å². The highest BCUT2D eigenvalue weighted by atomic mass is 35.5. The smallest absolute Gasteiger partial charge is 0.288 e. The van der Waals surface area contributed by atoms with E-state index >= 15 is 0 Å². The topological polar surface area (TPSA) is 55.2 Å². The van der Waals surface area contributed by atoms with E-state index in [1.165, 1.54) is 6.07 Å². The van der Waals surface area contributed by atoms with Crippen molar-refractivity contribution < 1.29 is 4.92 Å². The van der Waals surface area contributed by atoms with Crippen LogP contribution < -0.4 is 5.32 Å². The number of nitrogens with one attached hydrogen (secondary N) is 1. The van der Waals surface area contributed by atoms with Crippen LogP contribution in [0.3, 0.4) is 0 Å². The Balaban J connectivity index is 2.12. The van der Waals surface area contributed by atoms with Gasteiger partial charge in [0.05, 0.1) is 4.92 Å². The average Bonchev–Trinajstić information content (AvgIpc) is 2.64. The minimum absolute atomic E-state index is 0.0499. The predicted octanol–water partition coefficient (Wildman–Crippen LogP) is 3.55. The summed E-state index contributed by atoms with van der Waals surface area (Å²) in [4.78, 5) is 10.2. The largest absolute Gasteiger partial charge is 0.381 e. The summed E-state index contributed by atoms with van der Waals surface area (Å²) < 4.78 is 0. The molecule has 6 heteroatoms. The van der Waals surface area contributed by atoms with E-state index in [0.717, 1.165) is 17.9 Å². The summed E-state index contributed by atoms with van der Waals surface area (Å²) in [5, 5.41) is 14.7. The van der Waals surface area contributed by atoms with Gasteiger partial charge in [-0.3, -0.25) is 10.1 Å². The zero-order valence-corrected chi connectivity index (χ0v) is 10.9. The molecule has 1 heterocycles. The second-order valence-corrected chi connectivity index (χ2v) is 5.93. The van der Waals surface area contributed by atoms with Crippen molar-refractivity contribution in [1.29, 1.82) is 0 Å². The number of thioether (sulfide) groups is 1. The van der Waals surface area contributed by atoms with Crippen LogP contribution in [-0.4, -0.2) is 22.0 Å². The zero-order valence-electron chi connectivity index (χ0n) is 9.35. The Hall–Kier alpha value is -0.940. The monoisotopic (exact) mass is 272 g/mol. The molecule has 0 aromatic heterocycles. The van der Waals surface area contributed by atoms with Crippen molar-refractivity contribution in [1.82, 2.24) is 0 Å². The van der Waals surface area contributed by atoms with Crippen LogP contribution in [0.1, 0.15) is 13.3 Å². The highest BCUT2D eigenvalue weighted by Crippen LogP contribution is 2.31. The molecule has 0 aliphatic carbocycles. The highest BCUT2D eigenvalue weighted by molar-refractivity contribution is 8.00. The third-order valence-corrected chi connectivity index (χ3v) is 4.50. The molecular formula is C11H13ClN2O2S. The Kier molecular flexibility index (Phi) is 3.79. The predicted molar refractivity (Wildman–Crippen MR) is 72.1 cm³/mol. The lowest BCUT2D eigenvalue weighted by molar-refractivity contribution is -0.384. The molecule has 1 fully saturated rings. The minimum Gasteiger partial charge on any atom is -0.381 e. The number of hydrogen-bond donors (Lipinski definition) is 1. The second-order valence-electron chi connectivity index (χ2n) is 4.04. The fraction of sp³-hybridized carbons (Fsp3) is 0.455. The van der Waals surface area contributed by atoms with E-state index in [1.54, 1.807) is 12.1 Å². The van der Waals surface area contributed by atoms with Gasteiger partial charge in [0.15, 0.2) is 0 Å². The highest BCUT2D eigenvalue weighted by Gasteiger charge is 2.24. The van der Waals surface area contributed by atoms with Gasteiger partial charge < -0.3 is 5.32 Å². The van der Waals surface area contributed by atoms with E-state index in [4.69, 9.17) is 11.6 Å². The fourth-order valence-corrected chi connectivity index (χ4v) is 3.33. The molecule has 1 aliphatic rings. The molecule has 4 nitrogen and oxygen atoms in total. The van der Waals surface area contributed by atoms with Gasteiger partial charge in [0.1, 0.15) is 5.02 Å². The number of hydrogen-bond acceptors (Lipinski definition) is 4. The lowest BCUT2D eigenvalue weighted by atomic mass is 10.1. The van der Waals surface area contributed by atoms with Crippen LogP contribution in [0.4, 0.5) is 11.4 Å². The average molecular weight is 273 g/mol. The Bertz CT molecular complexity index is 441. The Morgan fingerprint density at radius 2 is 2.35 bits per heavy atom. The lowest BCUT2D eigenvalue weighted by Gasteiger charge is -2.17. The Morgan fingerprint density at radius 1 is 1.59 bits per heavy atom. The van der Waals surface area contributed by atoms with Crippen molar-refractivity contribution in [3.63, 3.8) is 0 Å². The summed E-state index contributed by atoms with van der Waals surface area (Å²) in [5.74, 6) is 1.15. The number of benzene rings is 1. The van der Waals surface area contributed by atoms with Gasteiger partial charge in [0.2, 0.25) is 0 Å². The van der Waals surface area contributed by atoms with Crippen molar-refractivity contribution in [2.45, 2.75) is 24.6 Å². The molecule has 92 valence electrons. The number of anilines is 1. The molecule has 1 aromatic rings. The molecule has 1 N–H and O–H groups in total. The normalized spacial score (nSPS) is 23.6. The van der Waals surface area contributed by atoms with Gasteiger partial charge in [-0.1, -0.05) is 18.5 Å². The first-order chi connectivity index (χ1) is 8.08. The molecule has 0 amide bonds. The van der Waals surface area contributed by atoms with Gasteiger partial charge >= 0.3 is 0 Å². The molecule has 1 aromatic carbocycles. The van der Waals surface area contributed by atoms with Crippen LogP contribution in [0.2, 0.25) is 5.02 Å². The summed E-state index contributed by atoms with van der Waals surface area (Å²) >= 11 is 7.79. The standard InChI is InChI=1S/C11H13ClN2O2S/c1-7-10(4-5-17-7)13-8-2-3-11(14(15)16)9(12)6-8/h2-3,6-7,10,13H,4-5H2,1H3. The molecule has 1 saturated heterocycles. The summed E-state index contributed by atoms with van der Waals surface area (Å²) in [7, 11) is 0. The maximum atomic E-state index is 10.6. The molecule has 0 spiro atoms. The first kappa shape index (κ1) is 12.5. The number of nitro benzene ring substituents is 1. The maximum Gasteiger partial charge on any atom is 0.288 e. The van der Waals surface area contributed by atoms with Gasteiger partial charge in [-0.2, -0.15) is 11.8 Å². The second kappa shape index (κ2) is 5.14. The van der Waals surface area contributed by atoms with E-state index in [2.05, 4.69) is 12.2 Å². The van der Waals surface area contributed by atoms with Crippen LogP contribution in [0.5, 0.6) is 0 Å². The molecule has 1 aliphatic heterocycles. The maximum absolute atomic E-state index is 10.6. The fourth-order valence-electron chi connectivity index (χ4n) is 1.88. The molecule has 2 rings (SSSR count). The van der Waals surface area contributed by atoms with Crippen LogP contribution in [0.25, 0.3) is 0 Å². The van der Waals surface area contributed by atoms with Crippen LogP contribution >= 0.6 is 23.4 Å². The Labute approximate surface area is 109 Å². The van der Waals surface area contributed by atoms with Crippen molar-refractivity contribution >= 4 is 34.7 Å². The molecule has 2 atom stereocenters. The number of nitrogens with zero attached hydrogens (tertiary/aromatic N) is 1. The first-order valence-electron chi connectivity index (χ1n) is 5.40. The van der Waals surface area contributed by atoms with Gasteiger partial charge in [-0.15, -0.1) is 0 Å². The number of rotatable bonds is 3. The SMILES string of the molecule is CC1SCCC1Nc1ccc([N+](=O)[O-])c(Cl)c1. The number of nitro groups is 1. The third kappa shape index (κ3) is 2.84. The summed E-state index contributed by atoms with van der Waals surface area (Å²) in [6, 6.07) is 5.18. The van der Waals surface area contributed by atoms with E-state index in [1.807, 2.05) is 11.8 Å². The first-order valence-corrected chi connectivity index (χ1v) is 6.82. The summed E-state index contributed by atoms with van der Waals surface area (Å²) in [5.41, 5.74) is 0.797. The lowest BCUT2D eigenvalue weighted by Crippen LogP contribution is -2.24. The summed E-state index contributed by atoms with van der Waals surface area (Å²) in [6.07, 6.45) is 1.11. The zero-order chi connectivity index (χ0) is 12.4. The Morgan fingerprint density at radius 3 is 2.88 bits per heavy atom. The van der Waals surface area contributed by atoms with Gasteiger partial charge in [0.25, 0.3) is 5.69 Å². The van der Waals surface area contributed by atoms with Gasteiger partial charge in [0, 0.05) is 23.0 Å². The van der Waals surface area contributed by atoms with Gasteiger partial charge in [-0.25, -0.2) is 0 Å². The summed E-state index contributed by atoms with van der Waals surface area (Å²) in [6.45, 7) is 2.18. The molecular weight excluding hydrogens is 260 g/mol. The van der Waals surface area contributed by atoms with Crippen molar-refractivity contribution in [2.24, 2.45) is 0 Å². The van der Waals surface area contributed by atoms with Crippen LogP contribution in [0, 0.1) is 10.1 Å². The molecule has 0 radical (unpaired) electrons. The van der Waals surface area contributed by atoms with E-state index < -0.39 is 4.92 Å². The van der Waals surface area contributed by atoms with Crippen molar-refractivity contribution in [2.75, 3.05) is 11.1 Å². The molecule has 0 bridgehead atoms. The molecule has 17 heavy (non-hydrogen) atoms. The van der Waals surface area contributed by atoms with E-state index in [0.29, 0.717) is 11.3 Å². The van der Waals surface area contributed by atoms with E-state index in [-0.39, 0.29) is 10.7 Å². The minimum atomic E-state index is -0.472. The molecule has 0 saturated carbocycles. The quantitative estimate of drug-likeness (QED) is 0.675. The van der Waals surface area contributed by atoms with Crippen LogP contribution in [0.15, 0.2) is 18.2 Å². The van der Waals surface area contributed by atoms with Gasteiger partial charge in [-0.05, 0) is 24.3 Å². The van der Waals surface area contributed by atoms with Crippen LogP contribution in [-0.2, 0) is 0 Å². The number of halogens is 1. The molecule has 2 unspecified atom stereocenters.